The van der Waals surface area contributed by atoms with Crippen LogP contribution in [0.1, 0.15) is 22.6 Å². The van der Waals surface area contributed by atoms with Gasteiger partial charge in [0.2, 0.25) is 0 Å². The van der Waals surface area contributed by atoms with Crippen molar-refractivity contribution in [3.63, 3.8) is 0 Å². The van der Waals surface area contributed by atoms with Crippen LogP contribution in [-0.4, -0.2) is 0 Å². The van der Waals surface area contributed by atoms with Crippen molar-refractivity contribution in [2.24, 2.45) is 0 Å². The third-order valence-corrected chi connectivity index (χ3v) is 10.9. The molecule has 0 fully saturated rings. The molecule has 0 saturated heterocycles. The Kier molecular flexibility index (Phi) is 7.96. The van der Waals surface area contributed by atoms with Gasteiger partial charge in [-0.05, 0) is 132 Å². The van der Waals surface area contributed by atoms with Gasteiger partial charge in [0.25, 0.3) is 0 Å². The first-order valence-corrected chi connectivity index (χ1v) is 18.7. The Morgan fingerprint density at radius 3 is 0.963 bits per heavy atom. The summed E-state index contributed by atoms with van der Waals surface area (Å²) in [5, 5.41) is 7.75. The highest BCUT2D eigenvalue weighted by molar-refractivity contribution is 6.24. The second-order valence-electron chi connectivity index (χ2n) is 14.2. The molecule has 0 aliphatic heterocycles. The highest BCUT2D eigenvalue weighted by Gasteiger charge is 2.18. The third kappa shape index (κ3) is 5.77. The fourth-order valence-electron chi connectivity index (χ4n) is 8.31. The number of anilines is 3. The molecule has 10 aromatic rings. The molecule has 10 rings (SSSR count). The van der Waals surface area contributed by atoms with Crippen LogP contribution < -0.4 is 4.90 Å². The summed E-state index contributed by atoms with van der Waals surface area (Å²) in [5.41, 5.74) is 12.2. The van der Waals surface area contributed by atoms with Gasteiger partial charge in [0.15, 0.2) is 0 Å². The van der Waals surface area contributed by atoms with Gasteiger partial charge >= 0.3 is 0 Å². The van der Waals surface area contributed by atoms with Crippen LogP contribution in [0, 0.1) is 0 Å². The Labute approximate surface area is 316 Å². The van der Waals surface area contributed by atoms with Gasteiger partial charge in [0.05, 0.1) is 0 Å². The van der Waals surface area contributed by atoms with Crippen molar-refractivity contribution in [3.8, 4) is 22.3 Å². The molecule has 54 heavy (non-hydrogen) atoms. The molecule has 0 bridgehead atoms. The number of hydrogen-bond donors (Lipinski definition) is 0. The first kappa shape index (κ1) is 31.7. The third-order valence-electron chi connectivity index (χ3n) is 10.9. The van der Waals surface area contributed by atoms with Crippen molar-refractivity contribution in [2.45, 2.75) is 5.92 Å². The van der Waals surface area contributed by atoms with Crippen LogP contribution in [0.25, 0.3) is 54.6 Å². The molecule has 1 nitrogen and oxygen atoms in total. The fraction of sp³-hybridized carbons (Fsp3) is 0.0189. The molecule has 0 spiro atoms. The molecule has 10 aromatic carbocycles. The molecular formula is C53H37N. The van der Waals surface area contributed by atoms with Crippen molar-refractivity contribution in [2.75, 3.05) is 4.90 Å². The summed E-state index contributed by atoms with van der Waals surface area (Å²) in [7, 11) is 0. The van der Waals surface area contributed by atoms with E-state index in [2.05, 4.69) is 223 Å². The maximum atomic E-state index is 2.36. The molecule has 0 N–H and O–H groups in total. The van der Waals surface area contributed by atoms with E-state index in [4.69, 9.17) is 0 Å². The molecule has 0 atom stereocenters. The van der Waals surface area contributed by atoms with E-state index in [1.807, 2.05) is 0 Å². The molecule has 0 aliphatic rings. The van der Waals surface area contributed by atoms with Gasteiger partial charge < -0.3 is 4.90 Å². The van der Waals surface area contributed by atoms with Crippen LogP contribution in [0.5, 0.6) is 0 Å². The highest BCUT2D eigenvalue weighted by atomic mass is 15.1. The van der Waals surface area contributed by atoms with Crippen LogP contribution in [0.2, 0.25) is 0 Å². The van der Waals surface area contributed by atoms with Gasteiger partial charge in [-0.3, -0.25) is 0 Å². The van der Waals surface area contributed by atoms with Gasteiger partial charge in [0.1, 0.15) is 0 Å². The molecule has 0 aromatic heterocycles. The van der Waals surface area contributed by atoms with Crippen LogP contribution in [-0.2, 0) is 0 Å². The first-order valence-electron chi connectivity index (χ1n) is 18.7. The molecule has 0 radical (unpaired) electrons. The van der Waals surface area contributed by atoms with E-state index in [0.717, 1.165) is 17.1 Å². The zero-order valence-electron chi connectivity index (χ0n) is 29.8. The van der Waals surface area contributed by atoms with Crippen LogP contribution in [0.3, 0.4) is 0 Å². The maximum Gasteiger partial charge on any atom is 0.0462 e. The SMILES string of the molecule is c1ccc(C(c2ccccc2)c2ccc(-c3cc4ccc5cc(-c6ccc(N(c7ccccc7)c7ccccc7)cc6)cc6ccc(c3)c4c56)cc2)cc1. The Hall–Kier alpha value is -6.96. The average molecular weight is 688 g/mol. The first-order chi connectivity index (χ1) is 26.8. The molecule has 0 unspecified atom stereocenters. The van der Waals surface area contributed by atoms with E-state index in [-0.39, 0.29) is 5.92 Å². The summed E-state index contributed by atoms with van der Waals surface area (Å²) in [6, 6.07) is 79.5. The zero-order chi connectivity index (χ0) is 35.8. The van der Waals surface area contributed by atoms with E-state index >= 15 is 0 Å². The van der Waals surface area contributed by atoms with Crippen molar-refractivity contribution in [1.29, 1.82) is 0 Å². The van der Waals surface area contributed by atoms with E-state index in [0.29, 0.717) is 0 Å². The minimum atomic E-state index is 0.188. The van der Waals surface area contributed by atoms with Crippen LogP contribution in [0.4, 0.5) is 17.1 Å². The standard InChI is InChI=1S/C53H37N/c1-5-13-39(14-6-1)51(40-15-7-2-8-16-40)41-23-21-37(22-24-41)46-33-42-25-27-44-35-47(36-45-28-26-43(34-46)52(42)53(44)45)38-29-31-50(32-30-38)54(48-17-9-3-10-18-48)49-19-11-4-12-20-49/h1-36,51H. The second-order valence-corrected chi connectivity index (χ2v) is 14.2. The van der Waals surface area contributed by atoms with E-state index in [9.17, 15) is 0 Å². The van der Waals surface area contributed by atoms with Crippen molar-refractivity contribution < 1.29 is 0 Å². The van der Waals surface area contributed by atoms with E-state index < -0.39 is 0 Å². The van der Waals surface area contributed by atoms with Gasteiger partial charge in [-0.25, -0.2) is 0 Å². The van der Waals surface area contributed by atoms with E-state index in [1.54, 1.807) is 0 Å². The predicted octanol–water partition coefficient (Wildman–Crippen LogP) is 14.6. The molecule has 1 heteroatoms. The summed E-state index contributed by atoms with van der Waals surface area (Å²) in [4.78, 5) is 2.30. The lowest BCUT2D eigenvalue weighted by atomic mass is 9.84. The Morgan fingerprint density at radius 1 is 0.259 bits per heavy atom. The number of hydrogen-bond acceptors (Lipinski definition) is 1. The molecule has 0 saturated carbocycles. The number of nitrogens with zero attached hydrogens (tertiary/aromatic N) is 1. The molecule has 0 heterocycles. The molecule has 254 valence electrons. The summed E-state index contributed by atoms with van der Waals surface area (Å²) in [6.45, 7) is 0. The van der Waals surface area contributed by atoms with Gasteiger partial charge in [0, 0.05) is 23.0 Å². The average Bonchev–Trinajstić information content (AvgIpc) is 3.25. The lowest BCUT2D eigenvalue weighted by Gasteiger charge is -2.25. The summed E-state index contributed by atoms with van der Waals surface area (Å²) < 4.78 is 0. The minimum Gasteiger partial charge on any atom is -0.311 e. The van der Waals surface area contributed by atoms with Crippen molar-refractivity contribution in [3.05, 3.63) is 235 Å². The van der Waals surface area contributed by atoms with Crippen LogP contribution >= 0.6 is 0 Å². The zero-order valence-corrected chi connectivity index (χ0v) is 29.8. The fourth-order valence-corrected chi connectivity index (χ4v) is 8.31. The topological polar surface area (TPSA) is 3.24 Å². The lowest BCUT2D eigenvalue weighted by Crippen LogP contribution is -2.09. The predicted molar refractivity (Wildman–Crippen MR) is 230 cm³/mol. The highest BCUT2D eigenvalue weighted by Crippen LogP contribution is 2.41. The minimum absolute atomic E-state index is 0.188. The van der Waals surface area contributed by atoms with Gasteiger partial charge in [-0.1, -0.05) is 158 Å². The summed E-state index contributed by atoms with van der Waals surface area (Å²) in [6.07, 6.45) is 0. The van der Waals surface area contributed by atoms with E-state index in [1.165, 1.54) is 71.3 Å². The molecular weight excluding hydrogens is 651 g/mol. The quantitative estimate of drug-likeness (QED) is 0.114. The number of benzene rings is 10. The van der Waals surface area contributed by atoms with Gasteiger partial charge in [-0.15, -0.1) is 0 Å². The number of rotatable bonds is 8. The normalized spacial score (nSPS) is 11.5. The monoisotopic (exact) mass is 687 g/mol. The smallest absolute Gasteiger partial charge is 0.0462 e. The van der Waals surface area contributed by atoms with Gasteiger partial charge in [-0.2, -0.15) is 0 Å². The number of para-hydroxylation sites is 2. The Bertz CT molecular complexity index is 2480. The molecule has 0 aliphatic carbocycles. The largest absolute Gasteiger partial charge is 0.311 e. The Morgan fingerprint density at radius 2 is 0.574 bits per heavy atom. The van der Waals surface area contributed by atoms with Crippen molar-refractivity contribution in [1.82, 2.24) is 0 Å². The molecule has 0 amide bonds. The van der Waals surface area contributed by atoms with Crippen LogP contribution in [0.15, 0.2) is 218 Å². The summed E-state index contributed by atoms with van der Waals surface area (Å²) in [5.74, 6) is 0.188. The summed E-state index contributed by atoms with van der Waals surface area (Å²) >= 11 is 0. The lowest BCUT2D eigenvalue weighted by molar-refractivity contribution is 0.978. The second kappa shape index (κ2) is 13.5. The van der Waals surface area contributed by atoms with Crippen molar-refractivity contribution >= 4 is 49.4 Å². The maximum absolute atomic E-state index is 2.36. The Balaban J connectivity index is 0.983.